The Hall–Kier alpha value is -1.77. The van der Waals surface area contributed by atoms with Gasteiger partial charge in [-0.3, -0.25) is 4.79 Å². The fourth-order valence-corrected chi connectivity index (χ4v) is 4.38. The van der Waals surface area contributed by atoms with Crippen LogP contribution in [0, 0.1) is 12.8 Å². The number of anilines is 1. The van der Waals surface area contributed by atoms with E-state index in [9.17, 15) is 13.2 Å². The second-order valence-corrected chi connectivity index (χ2v) is 9.18. The van der Waals surface area contributed by atoms with E-state index in [0.717, 1.165) is 17.7 Å². The molecule has 26 heavy (non-hydrogen) atoms. The quantitative estimate of drug-likeness (QED) is 0.717. The lowest BCUT2D eigenvalue weighted by Crippen LogP contribution is -2.44. The van der Waals surface area contributed by atoms with Gasteiger partial charge in [0.15, 0.2) is 5.13 Å². The van der Waals surface area contributed by atoms with Gasteiger partial charge in [0.2, 0.25) is 15.9 Å². The number of hydrogen-bond acceptors (Lipinski definition) is 5. The first kappa shape index (κ1) is 20.5. The van der Waals surface area contributed by atoms with Crippen LogP contribution in [-0.2, 0) is 21.2 Å². The lowest BCUT2D eigenvalue weighted by atomic mass is 10.0. The summed E-state index contributed by atoms with van der Waals surface area (Å²) in [5, 5.41) is 5.09. The molecule has 6 nitrogen and oxygen atoms in total. The van der Waals surface area contributed by atoms with Crippen LogP contribution in [0.5, 0.6) is 0 Å². The average molecular weight is 396 g/mol. The summed E-state index contributed by atoms with van der Waals surface area (Å²) in [6.45, 7) is 7.76. The normalized spacial score (nSPS) is 13.0. The summed E-state index contributed by atoms with van der Waals surface area (Å²) in [4.78, 5) is 17.1. The van der Waals surface area contributed by atoms with Crippen LogP contribution in [0.3, 0.4) is 0 Å². The van der Waals surface area contributed by atoms with Gasteiger partial charge in [-0.15, -0.1) is 11.3 Å². The maximum atomic E-state index is 12.6. The van der Waals surface area contributed by atoms with Crippen LogP contribution in [0.1, 0.15) is 38.4 Å². The van der Waals surface area contributed by atoms with Crippen LogP contribution < -0.4 is 10.0 Å². The molecule has 0 aliphatic rings. The van der Waals surface area contributed by atoms with Gasteiger partial charge < -0.3 is 5.32 Å². The van der Waals surface area contributed by atoms with E-state index in [0.29, 0.717) is 11.6 Å². The van der Waals surface area contributed by atoms with Gasteiger partial charge in [0, 0.05) is 5.38 Å². The zero-order valence-corrected chi connectivity index (χ0v) is 17.1. The Balaban J connectivity index is 2.17. The van der Waals surface area contributed by atoms with Gasteiger partial charge in [-0.25, -0.2) is 13.4 Å². The minimum atomic E-state index is -3.79. The SMILES string of the molecule is CCc1csc(NC(=O)C(CC(C)C)NS(=O)(=O)c2ccc(C)cc2)n1. The lowest BCUT2D eigenvalue weighted by molar-refractivity contribution is -0.118. The van der Waals surface area contributed by atoms with E-state index in [4.69, 9.17) is 0 Å². The molecular formula is C18H25N3O3S2. The Bertz CT molecular complexity index is 843. The highest BCUT2D eigenvalue weighted by Crippen LogP contribution is 2.18. The molecule has 0 bridgehead atoms. The highest BCUT2D eigenvalue weighted by Gasteiger charge is 2.27. The molecule has 1 heterocycles. The molecule has 142 valence electrons. The standard InChI is InChI=1S/C18H25N3O3S2/c1-5-14-11-25-18(19-14)20-17(22)16(10-12(2)3)21-26(23,24)15-8-6-13(4)7-9-15/h6-9,11-12,16,21H,5,10H2,1-4H3,(H,19,20,22). The fourth-order valence-electron chi connectivity index (χ4n) is 2.37. The molecule has 0 fully saturated rings. The van der Waals surface area contributed by atoms with Crippen LogP contribution >= 0.6 is 11.3 Å². The van der Waals surface area contributed by atoms with Crippen LogP contribution in [-0.4, -0.2) is 25.4 Å². The Morgan fingerprint density at radius 1 is 1.23 bits per heavy atom. The number of hydrogen-bond donors (Lipinski definition) is 2. The van der Waals surface area contributed by atoms with Crippen LogP contribution in [0.2, 0.25) is 0 Å². The zero-order valence-electron chi connectivity index (χ0n) is 15.4. The number of aromatic nitrogens is 1. The Morgan fingerprint density at radius 3 is 2.42 bits per heavy atom. The van der Waals surface area contributed by atoms with E-state index in [1.807, 2.05) is 33.1 Å². The predicted molar refractivity (Wildman–Crippen MR) is 105 cm³/mol. The predicted octanol–water partition coefficient (Wildman–Crippen LogP) is 3.35. The minimum Gasteiger partial charge on any atom is -0.301 e. The van der Waals surface area contributed by atoms with Crippen molar-refractivity contribution in [3.63, 3.8) is 0 Å². The molecule has 0 radical (unpaired) electrons. The monoisotopic (exact) mass is 395 g/mol. The van der Waals surface area contributed by atoms with Crippen molar-refractivity contribution in [1.29, 1.82) is 0 Å². The molecule has 2 rings (SSSR count). The summed E-state index contributed by atoms with van der Waals surface area (Å²) in [6, 6.07) is 5.67. The van der Waals surface area contributed by atoms with Crippen LogP contribution in [0.4, 0.5) is 5.13 Å². The summed E-state index contributed by atoms with van der Waals surface area (Å²) >= 11 is 1.33. The Labute approximate surface area is 159 Å². The molecule has 1 unspecified atom stereocenters. The molecule has 1 aromatic heterocycles. The molecule has 0 spiro atoms. The van der Waals surface area contributed by atoms with E-state index >= 15 is 0 Å². The third-order valence-electron chi connectivity index (χ3n) is 3.80. The number of sulfonamides is 1. The van der Waals surface area contributed by atoms with Gasteiger partial charge in [-0.2, -0.15) is 4.72 Å². The summed E-state index contributed by atoms with van der Waals surface area (Å²) in [5.74, 6) is -0.250. The molecule has 0 aliphatic heterocycles. The summed E-state index contributed by atoms with van der Waals surface area (Å²) in [6.07, 6.45) is 1.17. The third-order valence-corrected chi connectivity index (χ3v) is 6.09. The molecule has 0 aliphatic carbocycles. The number of thiazole rings is 1. The topological polar surface area (TPSA) is 88.2 Å². The summed E-state index contributed by atoms with van der Waals surface area (Å²) in [5.41, 5.74) is 1.86. The largest absolute Gasteiger partial charge is 0.301 e. The third kappa shape index (κ3) is 5.62. The van der Waals surface area contributed by atoms with E-state index in [1.54, 1.807) is 12.1 Å². The van der Waals surface area contributed by atoms with Crippen molar-refractivity contribution in [1.82, 2.24) is 9.71 Å². The van der Waals surface area contributed by atoms with Gasteiger partial charge in [0.05, 0.1) is 10.6 Å². The van der Waals surface area contributed by atoms with E-state index in [2.05, 4.69) is 15.0 Å². The summed E-state index contributed by atoms with van der Waals surface area (Å²) < 4.78 is 27.8. The number of aryl methyl sites for hydroxylation is 2. The highest BCUT2D eigenvalue weighted by atomic mass is 32.2. The minimum absolute atomic E-state index is 0.146. The molecule has 8 heteroatoms. The van der Waals surface area contributed by atoms with Crippen molar-refractivity contribution in [2.75, 3.05) is 5.32 Å². The van der Waals surface area contributed by atoms with Crippen molar-refractivity contribution in [2.24, 2.45) is 5.92 Å². The van der Waals surface area contributed by atoms with Crippen LogP contribution in [0.15, 0.2) is 34.5 Å². The second kappa shape index (κ2) is 8.75. The van der Waals surface area contributed by atoms with E-state index < -0.39 is 22.0 Å². The lowest BCUT2D eigenvalue weighted by Gasteiger charge is -2.19. The molecule has 1 aromatic carbocycles. The molecule has 0 saturated heterocycles. The first-order chi connectivity index (χ1) is 12.2. The van der Waals surface area contributed by atoms with Crippen LogP contribution in [0.25, 0.3) is 0 Å². The number of nitrogens with one attached hydrogen (secondary N) is 2. The number of carbonyl (C=O) groups excluding carboxylic acids is 1. The molecule has 2 aromatic rings. The van der Waals surface area contributed by atoms with Gasteiger partial charge >= 0.3 is 0 Å². The van der Waals surface area contributed by atoms with Crippen molar-refractivity contribution < 1.29 is 13.2 Å². The van der Waals surface area contributed by atoms with Crippen molar-refractivity contribution in [3.8, 4) is 0 Å². The number of rotatable bonds is 8. The molecule has 1 amide bonds. The molecular weight excluding hydrogens is 370 g/mol. The van der Waals surface area contributed by atoms with Crippen molar-refractivity contribution in [2.45, 2.75) is 51.5 Å². The maximum Gasteiger partial charge on any atom is 0.244 e. The highest BCUT2D eigenvalue weighted by molar-refractivity contribution is 7.89. The zero-order chi connectivity index (χ0) is 19.3. The van der Waals surface area contributed by atoms with Crippen molar-refractivity contribution >= 4 is 32.4 Å². The summed E-state index contributed by atoms with van der Waals surface area (Å²) in [7, 11) is -3.79. The van der Waals surface area contributed by atoms with E-state index in [-0.39, 0.29) is 10.8 Å². The van der Waals surface area contributed by atoms with E-state index in [1.165, 1.54) is 23.5 Å². The number of benzene rings is 1. The van der Waals surface area contributed by atoms with Gasteiger partial charge in [0.1, 0.15) is 6.04 Å². The second-order valence-electron chi connectivity index (χ2n) is 6.60. The first-order valence-corrected chi connectivity index (χ1v) is 10.9. The van der Waals surface area contributed by atoms with Crippen molar-refractivity contribution in [3.05, 3.63) is 40.9 Å². The van der Waals surface area contributed by atoms with Gasteiger partial charge in [-0.05, 0) is 37.8 Å². The first-order valence-electron chi connectivity index (χ1n) is 8.55. The Kier molecular flexibility index (Phi) is 6.91. The smallest absolute Gasteiger partial charge is 0.244 e. The maximum absolute atomic E-state index is 12.6. The number of amides is 1. The van der Waals surface area contributed by atoms with Gasteiger partial charge in [0.25, 0.3) is 0 Å². The fraction of sp³-hybridized carbons (Fsp3) is 0.444. The molecule has 1 atom stereocenters. The van der Waals surface area contributed by atoms with Gasteiger partial charge in [-0.1, -0.05) is 38.5 Å². The average Bonchev–Trinajstić information content (AvgIpc) is 3.01. The Morgan fingerprint density at radius 2 is 1.88 bits per heavy atom. The number of nitrogens with zero attached hydrogens (tertiary/aromatic N) is 1. The molecule has 2 N–H and O–H groups in total. The number of carbonyl (C=O) groups is 1. The molecule has 0 saturated carbocycles.